The van der Waals surface area contributed by atoms with E-state index in [1.807, 2.05) is 30.3 Å². The fourth-order valence-corrected chi connectivity index (χ4v) is 2.37. The minimum atomic E-state index is -1.81. The molecule has 2 aromatic rings. The molecule has 1 atom stereocenters. The number of halogens is 4. The number of ether oxygens (including phenoxy) is 1. The van der Waals surface area contributed by atoms with Crippen molar-refractivity contribution < 1.29 is 9.53 Å². The number of hydrogen-bond acceptors (Lipinski definition) is 2. The van der Waals surface area contributed by atoms with Gasteiger partial charge in [-0.15, -0.1) is 0 Å². The van der Waals surface area contributed by atoms with Crippen LogP contribution >= 0.6 is 50.7 Å². The Balaban J connectivity index is 2.04. The number of nitrogens with one attached hydrogen (secondary N) is 1. The lowest BCUT2D eigenvalue weighted by molar-refractivity contribution is -0.122. The summed E-state index contributed by atoms with van der Waals surface area (Å²) >= 11 is 21.1. The molecule has 0 aliphatic carbocycles. The molecule has 1 N–H and O–H groups in total. The number of carbonyl (C=O) groups is 1. The number of rotatable bonds is 5. The molecule has 0 saturated heterocycles. The van der Waals surface area contributed by atoms with Crippen molar-refractivity contribution in [2.24, 2.45) is 0 Å². The Labute approximate surface area is 158 Å². The maximum atomic E-state index is 12.1. The number of benzene rings is 2. The van der Waals surface area contributed by atoms with Crippen molar-refractivity contribution in [1.29, 1.82) is 0 Å². The topological polar surface area (TPSA) is 38.3 Å². The summed E-state index contributed by atoms with van der Waals surface area (Å²) < 4.78 is 4.68. The molecule has 2 rings (SSSR count). The zero-order chi connectivity index (χ0) is 16.9. The van der Waals surface area contributed by atoms with Crippen LogP contribution in [0.3, 0.4) is 0 Å². The molecule has 0 aromatic heterocycles. The van der Waals surface area contributed by atoms with Gasteiger partial charge in [-0.1, -0.05) is 81.1 Å². The maximum Gasteiger partial charge on any atom is 0.246 e. The van der Waals surface area contributed by atoms with Crippen LogP contribution in [0.25, 0.3) is 0 Å². The van der Waals surface area contributed by atoms with Crippen molar-refractivity contribution in [2.45, 2.75) is 16.4 Å². The van der Waals surface area contributed by atoms with Crippen molar-refractivity contribution in [3.05, 3.63) is 64.6 Å². The first-order valence-corrected chi connectivity index (χ1v) is 8.59. The van der Waals surface area contributed by atoms with E-state index in [0.29, 0.717) is 5.75 Å². The lowest BCUT2D eigenvalue weighted by atomic mass is 10.1. The first-order chi connectivity index (χ1) is 10.8. The smallest absolute Gasteiger partial charge is 0.246 e. The van der Waals surface area contributed by atoms with Gasteiger partial charge in [-0.2, -0.15) is 0 Å². The minimum Gasteiger partial charge on any atom is -0.466 e. The Kier molecular flexibility index (Phi) is 6.60. The van der Waals surface area contributed by atoms with Crippen LogP contribution in [0.2, 0.25) is 0 Å². The quantitative estimate of drug-likeness (QED) is 0.535. The predicted molar refractivity (Wildman–Crippen MR) is 97.1 cm³/mol. The minimum absolute atomic E-state index is 0.168. The van der Waals surface area contributed by atoms with Crippen molar-refractivity contribution in [3.63, 3.8) is 0 Å². The number of amides is 1. The summed E-state index contributed by atoms with van der Waals surface area (Å²) in [6.07, 6.45) is -0.938. The molecule has 0 aliphatic heterocycles. The molecule has 1 amide bonds. The highest BCUT2D eigenvalue weighted by Crippen LogP contribution is 2.32. The highest BCUT2D eigenvalue weighted by atomic mass is 79.9. The van der Waals surface area contributed by atoms with E-state index in [9.17, 15) is 4.79 Å². The molecular formula is C16H13BrCl3NO2. The first-order valence-electron chi connectivity index (χ1n) is 6.67. The fraction of sp³-hybridized carbons (Fsp3) is 0.188. The lowest BCUT2D eigenvalue weighted by Crippen LogP contribution is -2.48. The number of hydrogen-bond donors (Lipinski definition) is 1. The maximum absolute atomic E-state index is 12.1. The average Bonchev–Trinajstić information content (AvgIpc) is 2.49. The Hall–Kier alpha value is -0.940. The monoisotopic (exact) mass is 435 g/mol. The van der Waals surface area contributed by atoms with Crippen LogP contribution in [-0.2, 0) is 11.2 Å². The summed E-state index contributed by atoms with van der Waals surface area (Å²) in [6.45, 7) is 0. The molecule has 0 fully saturated rings. The summed E-state index contributed by atoms with van der Waals surface area (Å²) in [5, 5.41) is 2.60. The molecule has 0 saturated carbocycles. The van der Waals surface area contributed by atoms with Gasteiger partial charge in [0.1, 0.15) is 5.75 Å². The van der Waals surface area contributed by atoms with Crippen LogP contribution in [0.15, 0.2) is 59.1 Å². The predicted octanol–water partition coefficient (Wildman–Crippen LogP) is 4.88. The van der Waals surface area contributed by atoms with E-state index >= 15 is 0 Å². The van der Waals surface area contributed by atoms with E-state index in [0.717, 1.165) is 10.0 Å². The lowest BCUT2D eigenvalue weighted by Gasteiger charge is -2.26. The Bertz CT molecular complexity index is 645. The zero-order valence-corrected chi connectivity index (χ0v) is 15.7. The van der Waals surface area contributed by atoms with Gasteiger partial charge in [0.15, 0.2) is 0 Å². The normalized spacial score (nSPS) is 12.5. The molecule has 23 heavy (non-hydrogen) atoms. The molecule has 3 nitrogen and oxygen atoms in total. The van der Waals surface area contributed by atoms with Crippen LogP contribution in [0.4, 0.5) is 0 Å². The van der Waals surface area contributed by atoms with E-state index in [1.165, 1.54) is 0 Å². The Morgan fingerprint density at radius 2 is 1.70 bits per heavy atom. The zero-order valence-electron chi connectivity index (χ0n) is 11.8. The first kappa shape index (κ1) is 18.4. The molecule has 0 radical (unpaired) electrons. The molecule has 0 aliphatic rings. The van der Waals surface area contributed by atoms with E-state index in [-0.39, 0.29) is 12.3 Å². The standard InChI is InChI=1S/C16H13BrCl3NO2/c17-12-6-8-13(9-7-12)23-15(16(18,19)20)21-14(22)10-11-4-2-1-3-5-11/h1-9,15H,10H2,(H,21,22)/t15-/m1/s1. The van der Waals surface area contributed by atoms with Crippen molar-refractivity contribution in [2.75, 3.05) is 0 Å². The molecule has 0 heterocycles. The summed E-state index contributed by atoms with van der Waals surface area (Å²) in [4.78, 5) is 12.1. The number of carbonyl (C=O) groups excluding carboxylic acids is 1. The highest BCUT2D eigenvalue weighted by Gasteiger charge is 2.36. The molecule has 0 bridgehead atoms. The summed E-state index contributed by atoms with van der Waals surface area (Å²) in [5.41, 5.74) is 0.858. The summed E-state index contributed by atoms with van der Waals surface area (Å²) in [7, 11) is 0. The van der Waals surface area contributed by atoms with Crippen LogP contribution in [0, 0.1) is 0 Å². The largest absolute Gasteiger partial charge is 0.466 e. The van der Waals surface area contributed by atoms with Gasteiger partial charge in [0.2, 0.25) is 15.9 Å². The second-order valence-electron chi connectivity index (χ2n) is 4.72. The van der Waals surface area contributed by atoms with Crippen molar-refractivity contribution in [1.82, 2.24) is 5.32 Å². The van der Waals surface area contributed by atoms with Gasteiger partial charge >= 0.3 is 0 Å². The molecule has 2 aromatic carbocycles. The SMILES string of the molecule is O=C(Cc1ccccc1)N[C@H](Oc1ccc(Br)cc1)C(Cl)(Cl)Cl. The summed E-state index contributed by atoms with van der Waals surface area (Å²) in [5.74, 6) is 0.175. The summed E-state index contributed by atoms with van der Waals surface area (Å²) in [6, 6.07) is 16.3. The van der Waals surface area contributed by atoms with Crippen molar-refractivity contribution in [3.8, 4) is 5.75 Å². The van der Waals surface area contributed by atoms with Gasteiger partial charge in [0, 0.05) is 4.47 Å². The van der Waals surface area contributed by atoms with E-state index in [1.54, 1.807) is 24.3 Å². The Morgan fingerprint density at radius 3 is 2.26 bits per heavy atom. The molecular weight excluding hydrogens is 424 g/mol. The van der Waals surface area contributed by atoms with Gasteiger partial charge in [0.05, 0.1) is 6.42 Å². The van der Waals surface area contributed by atoms with Gasteiger partial charge in [0.25, 0.3) is 0 Å². The molecule has 7 heteroatoms. The third-order valence-corrected chi connectivity index (χ3v) is 3.99. The molecule has 0 spiro atoms. The van der Waals surface area contributed by atoms with Crippen molar-refractivity contribution >= 4 is 56.6 Å². The molecule has 122 valence electrons. The van der Waals surface area contributed by atoms with Gasteiger partial charge < -0.3 is 10.1 Å². The third kappa shape index (κ3) is 6.22. The molecule has 0 unspecified atom stereocenters. The fourth-order valence-electron chi connectivity index (χ4n) is 1.81. The van der Waals surface area contributed by atoms with Crippen LogP contribution in [0.1, 0.15) is 5.56 Å². The van der Waals surface area contributed by atoms with Gasteiger partial charge in [-0.25, -0.2) is 0 Å². The van der Waals surface area contributed by atoms with E-state index in [4.69, 9.17) is 39.5 Å². The van der Waals surface area contributed by atoms with Crippen LogP contribution in [0.5, 0.6) is 5.75 Å². The Morgan fingerprint density at radius 1 is 1.09 bits per heavy atom. The van der Waals surface area contributed by atoms with Gasteiger partial charge in [-0.05, 0) is 29.8 Å². The van der Waals surface area contributed by atoms with Crippen LogP contribution < -0.4 is 10.1 Å². The van der Waals surface area contributed by atoms with Crippen LogP contribution in [-0.4, -0.2) is 15.9 Å². The van der Waals surface area contributed by atoms with E-state index in [2.05, 4.69) is 21.2 Å². The highest BCUT2D eigenvalue weighted by molar-refractivity contribution is 9.10. The average molecular weight is 438 g/mol. The second-order valence-corrected chi connectivity index (χ2v) is 8.01. The number of alkyl halides is 3. The van der Waals surface area contributed by atoms with Gasteiger partial charge in [-0.3, -0.25) is 4.79 Å². The second kappa shape index (κ2) is 8.25. The third-order valence-electron chi connectivity index (χ3n) is 2.86. The van der Waals surface area contributed by atoms with E-state index < -0.39 is 10.0 Å².